The number of aromatic nitrogens is 3. The lowest BCUT2D eigenvalue weighted by molar-refractivity contribution is 0.0531. The van der Waals surface area contributed by atoms with Crippen LogP contribution < -0.4 is 15.5 Å². The summed E-state index contributed by atoms with van der Waals surface area (Å²) in [6.45, 7) is 5.83. The molecule has 0 saturated carbocycles. The number of likely N-dealkylation sites (tertiary alicyclic amines) is 1. The fourth-order valence-electron chi connectivity index (χ4n) is 4.54. The Morgan fingerprint density at radius 2 is 1.76 bits per heavy atom. The van der Waals surface area contributed by atoms with Crippen LogP contribution in [0.4, 0.5) is 27.5 Å². The first-order chi connectivity index (χ1) is 16.5. The van der Waals surface area contributed by atoms with Gasteiger partial charge in [-0.3, -0.25) is 9.88 Å². The van der Waals surface area contributed by atoms with Crippen molar-refractivity contribution in [3.8, 4) is 0 Å². The van der Waals surface area contributed by atoms with Crippen LogP contribution in [0.2, 0.25) is 0 Å². The Balaban J connectivity index is 1.33. The van der Waals surface area contributed by atoms with Crippen molar-refractivity contribution in [3.05, 3.63) is 66.4 Å². The minimum Gasteiger partial charge on any atom is -0.393 e. The zero-order valence-electron chi connectivity index (χ0n) is 19.2. The van der Waals surface area contributed by atoms with Crippen molar-refractivity contribution >= 4 is 23.1 Å². The summed E-state index contributed by atoms with van der Waals surface area (Å²) < 4.78 is 13.3. The van der Waals surface area contributed by atoms with E-state index in [1.54, 1.807) is 30.7 Å². The maximum absolute atomic E-state index is 13.3. The van der Waals surface area contributed by atoms with Crippen molar-refractivity contribution in [3.63, 3.8) is 0 Å². The topological polar surface area (TPSA) is 89.4 Å². The molecule has 178 valence electrons. The number of benzene rings is 1. The van der Waals surface area contributed by atoms with Gasteiger partial charge in [-0.05, 0) is 37.5 Å². The predicted molar refractivity (Wildman–Crippen MR) is 131 cm³/mol. The third-order valence-corrected chi connectivity index (χ3v) is 6.61. The summed E-state index contributed by atoms with van der Waals surface area (Å²) in [6, 6.07) is 11.0. The highest BCUT2D eigenvalue weighted by Crippen LogP contribution is 2.31. The number of aliphatic hydroxyl groups is 1. The Bertz CT molecular complexity index is 1080. The van der Waals surface area contributed by atoms with Crippen LogP contribution in [-0.2, 0) is 0 Å². The third kappa shape index (κ3) is 5.26. The van der Waals surface area contributed by atoms with Crippen LogP contribution >= 0.6 is 0 Å². The van der Waals surface area contributed by atoms with Crippen LogP contribution in [0.25, 0.3) is 0 Å². The lowest BCUT2D eigenvalue weighted by Crippen LogP contribution is -2.61. The highest BCUT2D eigenvalue weighted by Gasteiger charge is 2.34. The molecule has 5 rings (SSSR count). The molecule has 4 heterocycles. The van der Waals surface area contributed by atoms with E-state index in [9.17, 15) is 9.50 Å². The summed E-state index contributed by atoms with van der Waals surface area (Å²) in [5.41, 5.74) is 2.05. The number of halogens is 1. The van der Waals surface area contributed by atoms with Crippen LogP contribution in [0.1, 0.15) is 31.4 Å². The van der Waals surface area contributed by atoms with Crippen LogP contribution in [-0.4, -0.2) is 63.3 Å². The van der Waals surface area contributed by atoms with Crippen molar-refractivity contribution in [1.82, 2.24) is 19.9 Å². The van der Waals surface area contributed by atoms with E-state index in [1.165, 1.54) is 12.1 Å². The molecule has 2 aromatic heterocycles. The SMILES string of the molecule is C[C@H](Nc1cc(N2CC(N3CCC(O)CC3)C2)cc(Nc2cnccn2)n1)c1ccc(F)cc1. The van der Waals surface area contributed by atoms with E-state index in [0.717, 1.165) is 56.1 Å². The van der Waals surface area contributed by atoms with Gasteiger partial charge in [-0.25, -0.2) is 14.4 Å². The van der Waals surface area contributed by atoms with E-state index < -0.39 is 0 Å². The van der Waals surface area contributed by atoms with E-state index in [2.05, 4.69) is 36.5 Å². The number of aliphatic hydroxyl groups excluding tert-OH is 1. The molecule has 2 saturated heterocycles. The predicted octanol–water partition coefficient (Wildman–Crippen LogP) is 3.57. The number of anilines is 4. The number of hydrogen-bond acceptors (Lipinski definition) is 8. The summed E-state index contributed by atoms with van der Waals surface area (Å²) in [5.74, 6) is 1.78. The molecule has 0 bridgehead atoms. The second-order valence-electron chi connectivity index (χ2n) is 9.06. The van der Waals surface area contributed by atoms with Crippen LogP contribution in [0.15, 0.2) is 55.0 Å². The molecular weight excluding hydrogens is 433 g/mol. The van der Waals surface area contributed by atoms with Gasteiger partial charge in [0.1, 0.15) is 23.3 Å². The normalized spacial score (nSPS) is 18.4. The van der Waals surface area contributed by atoms with Crippen molar-refractivity contribution in [1.29, 1.82) is 0 Å². The minimum absolute atomic E-state index is 0.0448. The zero-order chi connectivity index (χ0) is 23.5. The largest absolute Gasteiger partial charge is 0.393 e. The molecule has 34 heavy (non-hydrogen) atoms. The summed E-state index contributed by atoms with van der Waals surface area (Å²) in [7, 11) is 0. The quantitative estimate of drug-likeness (QED) is 0.490. The number of piperidine rings is 1. The Morgan fingerprint density at radius 1 is 1.03 bits per heavy atom. The third-order valence-electron chi connectivity index (χ3n) is 6.61. The highest BCUT2D eigenvalue weighted by molar-refractivity contribution is 5.66. The molecule has 0 spiro atoms. The van der Waals surface area contributed by atoms with E-state index in [0.29, 0.717) is 17.7 Å². The lowest BCUT2D eigenvalue weighted by atomic mass is 10.0. The molecular formula is C25H30FN7O. The van der Waals surface area contributed by atoms with Crippen molar-refractivity contribution in [2.45, 2.75) is 38.0 Å². The molecule has 0 unspecified atom stereocenters. The Morgan fingerprint density at radius 3 is 2.47 bits per heavy atom. The van der Waals surface area contributed by atoms with E-state index in [4.69, 9.17) is 4.98 Å². The standard InChI is InChI=1S/C25H30FN7O/c1-17(18-2-4-19(26)5-3-18)29-23-12-20(13-24(30-23)31-25-14-27-8-9-28-25)33-15-21(16-33)32-10-6-22(34)7-11-32/h2-5,8-9,12-14,17,21-22,34H,6-7,10-11,15-16H2,1H3,(H2,28,29,30,31)/t17-/m0/s1. The van der Waals surface area contributed by atoms with Crippen LogP contribution in [0.3, 0.4) is 0 Å². The van der Waals surface area contributed by atoms with Crippen molar-refractivity contribution < 1.29 is 9.50 Å². The Labute approximate surface area is 198 Å². The van der Waals surface area contributed by atoms with Crippen LogP contribution in [0, 0.1) is 5.82 Å². The molecule has 3 N–H and O–H groups in total. The average molecular weight is 464 g/mol. The molecule has 0 radical (unpaired) electrons. The van der Waals surface area contributed by atoms with E-state index in [1.807, 2.05) is 13.0 Å². The second kappa shape index (κ2) is 9.90. The first-order valence-corrected chi connectivity index (χ1v) is 11.8. The van der Waals surface area contributed by atoms with Gasteiger partial charge in [-0.15, -0.1) is 0 Å². The molecule has 2 fully saturated rings. The number of nitrogens with one attached hydrogen (secondary N) is 2. The summed E-state index contributed by atoms with van der Waals surface area (Å²) >= 11 is 0. The van der Waals surface area contributed by atoms with Crippen molar-refractivity contribution in [2.24, 2.45) is 0 Å². The van der Waals surface area contributed by atoms with Crippen LogP contribution in [0.5, 0.6) is 0 Å². The van der Waals surface area contributed by atoms with Gasteiger partial charge in [0, 0.05) is 68.5 Å². The Hall–Kier alpha value is -3.30. The molecule has 2 aliphatic heterocycles. The number of nitrogens with zero attached hydrogens (tertiary/aromatic N) is 5. The maximum atomic E-state index is 13.3. The van der Waals surface area contributed by atoms with Gasteiger partial charge in [0.25, 0.3) is 0 Å². The van der Waals surface area contributed by atoms with E-state index >= 15 is 0 Å². The molecule has 1 atom stereocenters. The fourth-order valence-corrected chi connectivity index (χ4v) is 4.54. The molecule has 2 aliphatic rings. The van der Waals surface area contributed by atoms with Gasteiger partial charge in [0.2, 0.25) is 0 Å². The number of rotatable bonds is 7. The van der Waals surface area contributed by atoms with Gasteiger partial charge < -0.3 is 20.6 Å². The lowest BCUT2D eigenvalue weighted by Gasteiger charge is -2.48. The smallest absolute Gasteiger partial charge is 0.150 e. The Kier molecular flexibility index (Phi) is 6.55. The van der Waals surface area contributed by atoms with Gasteiger partial charge in [-0.2, -0.15) is 0 Å². The molecule has 0 amide bonds. The summed E-state index contributed by atoms with van der Waals surface area (Å²) in [6.07, 6.45) is 6.48. The number of pyridine rings is 1. The molecule has 9 heteroatoms. The summed E-state index contributed by atoms with van der Waals surface area (Å²) in [5, 5.41) is 16.5. The molecule has 3 aromatic rings. The molecule has 1 aromatic carbocycles. The van der Waals surface area contributed by atoms with Gasteiger partial charge in [0.15, 0.2) is 0 Å². The van der Waals surface area contributed by atoms with Gasteiger partial charge >= 0.3 is 0 Å². The maximum Gasteiger partial charge on any atom is 0.150 e. The van der Waals surface area contributed by atoms with Crippen molar-refractivity contribution in [2.75, 3.05) is 41.7 Å². The summed E-state index contributed by atoms with van der Waals surface area (Å²) in [4.78, 5) is 18.0. The molecule has 8 nitrogen and oxygen atoms in total. The zero-order valence-corrected chi connectivity index (χ0v) is 19.2. The second-order valence-corrected chi connectivity index (χ2v) is 9.06. The van der Waals surface area contributed by atoms with Gasteiger partial charge in [-0.1, -0.05) is 12.1 Å². The first-order valence-electron chi connectivity index (χ1n) is 11.8. The highest BCUT2D eigenvalue weighted by atomic mass is 19.1. The van der Waals surface area contributed by atoms with Gasteiger partial charge in [0.05, 0.1) is 12.3 Å². The average Bonchev–Trinajstić information content (AvgIpc) is 2.80. The monoisotopic (exact) mass is 463 g/mol. The van der Waals surface area contributed by atoms with E-state index in [-0.39, 0.29) is 18.0 Å². The fraction of sp³-hybridized carbons (Fsp3) is 0.400. The first kappa shape index (κ1) is 22.5. The molecule has 0 aliphatic carbocycles. The minimum atomic E-state index is -0.248. The number of hydrogen-bond donors (Lipinski definition) is 3.